The summed E-state index contributed by atoms with van der Waals surface area (Å²) in [4.78, 5) is 14.7. The van der Waals surface area contributed by atoms with E-state index < -0.39 is 9.84 Å². The van der Waals surface area contributed by atoms with Crippen LogP contribution in [0.15, 0.2) is 29.2 Å². The van der Waals surface area contributed by atoms with Crippen LogP contribution in [0, 0.1) is 6.92 Å². The number of likely N-dealkylation sites (tertiary alicyclic amines) is 1. The fourth-order valence-corrected chi connectivity index (χ4v) is 4.03. The lowest BCUT2D eigenvalue weighted by Crippen LogP contribution is -2.45. The van der Waals surface area contributed by atoms with Crippen LogP contribution in [0.4, 0.5) is 0 Å². The minimum absolute atomic E-state index is 0.0616. The number of amides is 1. The Morgan fingerprint density at radius 3 is 2.61 bits per heavy atom. The van der Waals surface area contributed by atoms with Crippen molar-refractivity contribution in [3.8, 4) is 0 Å². The largest absolute Gasteiger partial charge is 0.354 e. The second-order valence-corrected chi connectivity index (χ2v) is 8.38. The maximum atomic E-state index is 12.3. The molecule has 128 valence electrons. The molecule has 1 atom stereocenters. The molecule has 5 nitrogen and oxygen atoms in total. The van der Waals surface area contributed by atoms with Gasteiger partial charge in [-0.2, -0.15) is 0 Å². The summed E-state index contributed by atoms with van der Waals surface area (Å²) in [6.07, 6.45) is 4.15. The van der Waals surface area contributed by atoms with Gasteiger partial charge in [-0.3, -0.25) is 9.69 Å². The van der Waals surface area contributed by atoms with Crippen LogP contribution in [-0.4, -0.2) is 51.2 Å². The molecule has 1 aliphatic heterocycles. The van der Waals surface area contributed by atoms with Crippen molar-refractivity contribution in [2.24, 2.45) is 0 Å². The maximum absolute atomic E-state index is 12.3. The van der Waals surface area contributed by atoms with Crippen LogP contribution in [0.25, 0.3) is 0 Å². The van der Waals surface area contributed by atoms with Crippen molar-refractivity contribution < 1.29 is 13.2 Å². The first-order chi connectivity index (χ1) is 10.9. The van der Waals surface area contributed by atoms with Crippen molar-refractivity contribution in [2.45, 2.75) is 43.5 Å². The molecule has 1 aliphatic rings. The summed E-state index contributed by atoms with van der Waals surface area (Å²) >= 11 is 0. The first-order valence-electron chi connectivity index (χ1n) is 8.17. The normalized spacial score (nSPS) is 20.0. The summed E-state index contributed by atoms with van der Waals surface area (Å²) in [5.41, 5.74) is 1.02. The van der Waals surface area contributed by atoms with Crippen molar-refractivity contribution in [3.05, 3.63) is 29.8 Å². The van der Waals surface area contributed by atoms with Gasteiger partial charge in [-0.1, -0.05) is 30.5 Å². The Balaban J connectivity index is 1.88. The molecule has 2 rings (SSSR count). The van der Waals surface area contributed by atoms with Gasteiger partial charge in [-0.15, -0.1) is 0 Å². The Morgan fingerprint density at radius 2 is 1.91 bits per heavy atom. The highest BCUT2D eigenvalue weighted by atomic mass is 32.2. The Bertz CT molecular complexity index is 626. The van der Waals surface area contributed by atoms with E-state index in [-0.39, 0.29) is 24.2 Å². The van der Waals surface area contributed by atoms with Crippen LogP contribution in [0.2, 0.25) is 0 Å². The van der Waals surface area contributed by atoms with Gasteiger partial charge in [-0.05, 0) is 45.5 Å². The number of sulfone groups is 1. The number of aryl methyl sites for hydroxylation is 1. The number of nitrogens with zero attached hydrogens (tertiary/aromatic N) is 1. The summed E-state index contributed by atoms with van der Waals surface area (Å²) in [5, 5.41) is 2.79. The second-order valence-electron chi connectivity index (χ2n) is 6.27. The topological polar surface area (TPSA) is 66.5 Å². The molecule has 0 bridgehead atoms. The molecule has 0 aromatic heterocycles. The van der Waals surface area contributed by atoms with E-state index in [1.807, 2.05) is 14.0 Å². The third-order valence-electron chi connectivity index (χ3n) is 4.37. The minimum Gasteiger partial charge on any atom is -0.354 e. The zero-order valence-corrected chi connectivity index (χ0v) is 14.7. The Labute approximate surface area is 139 Å². The lowest BCUT2D eigenvalue weighted by molar-refractivity contribution is -0.125. The van der Waals surface area contributed by atoms with E-state index in [1.165, 1.54) is 0 Å². The molecule has 0 aliphatic carbocycles. The summed E-state index contributed by atoms with van der Waals surface area (Å²) < 4.78 is 24.5. The quantitative estimate of drug-likeness (QED) is 0.888. The van der Waals surface area contributed by atoms with Gasteiger partial charge < -0.3 is 5.32 Å². The summed E-state index contributed by atoms with van der Waals surface area (Å²) in [5.74, 6) is -0.133. The molecule has 1 aromatic carbocycles. The molecular weight excluding hydrogens is 312 g/mol. The number of carbonyl (C=O) groups is 1. The zero-order valence-electron chi connectivity index (χ0n) is 13.9. The molecule has 0 spiro atoms. The highest BCUT2D eigenvalue weighted by Gasteiger charge is 2.24. The molecule has 1 heterocycles. The van der Waals surface area contributed by atoms with Crippen molar-refractivity contribution in [2.75, 3.05) is 25.9 Å². The molecular formula is C17H26N2O3S. The van der Waals surface area contributed by atoms with Crippen LogP contribution in [0.3, 0.4) is 0 Å². The molecule has 1 amide bonds. The predicted octanol–water partition coefficient (Wildman–Crippen LogP) is 1.76. The van der Waals surface area contributed by atoms with Crippen LogP contribution >= 0.6 is 0 Å². The van der Waals surface area contributed by atoms with Gasteiger partial charge in [-0.25, -0.2) is 8.42 Å². The Hall–Kier alpha value is -1.40. The van der Waals surface area contributed by atoms with Crippen LogP contribution in [0.1, 0.15) is 31.2 Å². The van der Waals surface area contributed by atoms with E-state index in [1.54, 1.807) is 24.3 Å². The van der Waals surface area contributed by atoms with Crippen molar-refractivity contribution in [3.63, 3.8) is 0 Å². The molecule has 0 radical (unpaired) electrons. The lowest BCUT2D eigenvalue weighted by atomic mass is 10.1. The SMILES string of the molecule is Cc1ccc(S(=O)(=O)CCNC(=O)[C@H]2CCCCCN2C)cc1. The van der Waals surface area contributed by atoms with Gasteiger partial charge in [0, 0.05) is 6.54 Å². The average molecular weight is 338 g/mol. The standard InChI is InChI=1S/C17H26N2O3S/c1-14-7-9-15(10-8-14)23(21,22)13-11-18-17(20)16-6-4-3-5-12-19(16)2/h7-10,16H,3-6,11-13H2,1-2H3,(H,18,20)/t16-/m1/s1. The number of rotatable bonds is 5. The second kappa shape index (κ2) is 7.93. The highest BCUT2D eigenvalue weighted by molar-refractivity contribution is 7.91. The van der Waals surface area contributed by atoms with E-state index in [9.17, 15) is 13.2 Å². The summed E-state index contributed by atoms with van der Waals surface area (Å²) in [6, 6.07) is 6.66. The van der Waals surface area contributed by atoms with E-state index >= 15 is 0 Å². The molecule has 1 fully saturated rings. The first kappa shape index (κ1) is 17.9. The lowest BCUT2D eigenvalue weighted by Gasteiger charge is -2.24. The minimum atomic E-state index is -3.35. The average Bonchev–Trinajstić information content (AvgIpc) is 2.72. The van der Waals surface area contributed by atoms with Crippen molar-refractivity contribution in [1.29, 1.82) is 0 Å². The smallest absolute Gasteiger partial charge is 0.237 e. The van der Waals surface area contributed by atoms with Gasteiger partial charge in [0.25, 0.3) is 0 Å². The van der Waals surface area contributed by atoms with Gasteiger partial charge in [0.15, 0.2) is 9.84 Å². The molecule has 0 saturated carbocycles. The molecule has 1 N–H and O–H groups in total. The van der Waals surface area contributed by atoms with E-state index in [0.717, 1.165) is 37.8 Å². The van der Waals surface area contributed by atoms with E-state index in [2.05, 4.69) is 10.2 Å². The predicted molar refractivity (Wildman–Crippen MR) is 91.1 cm³/mol. The number of hydrogen-bond donors (Lipinski definition) is 1. The maximum Gasteiger partial charge on any atom is 0.237 e. The number of carbonyl (C=O) groups excluding carboxylic acids is 1. The highest BCUT2D eigenvalue weighted by Crippen LogP contribution is 2.15. The fourth-order valence-electron chi connectivity index (χ4n) is 2.87. The third kappa shape index (κ3) is 5.04. The Kier molecular flexibility index (Phi) is 6.18. The first-order valence-corrected chi connectivity index (χ1v) is 9.83. The number of likely N-dealkylation sites (N-methyl/N-ethyl adjacent to an activating group) is 1. The Morgan fingerprint density at radius 1 is 1.22 bits per heavy atom. The number of benzene rings is 1. The van der Waals surface area contributed by atoms with Gasteiger partial charge in [0.05, 0.1) is 16.7 Å². The number of hydrogen-bond acceptors (Lipinski definition) is 4. The van der Waals surface area contributed by atoms with E-state index in [4.69, 9.17) is 0 Å². The molecule has 1 saturated heterocycles. The molecule has 23 heavy (non-hydrogen) atoms. The monoisotopic (exact) mass is 338 g/mol. The van der Waals surface area contributed by atoms with Crippen LogP contribution in [-0.2, 0) is 14.6 Å². The van der Waals surface area contributed by atoms with Crippen molar-refractivity contribution in [1.82, 2.24) is 10.2 Å². The summed E-state index contributed by atoms with van der Waals surface area (Å²) in [7, 11) is -1.40. The zero-order chi connectivity index (χ0) is 16.9. The fraction of sp³-hybridized carbons (Fsp3) is 0.588. The molecule has 1 aromatic rings. The summed E-state index contributed by atoms with van der Waals surface area (Å²) in [6.45, 7) is 2.99. The third-order valence-corrected chi connectivity index (χ3v) is 6.11. The van der Waals surface area contributed by atoms with E-state index in [0.29, 0.717) is 4.90 Å². The number of nitrogens with one attached hydrogen (secondary N) is 1. The van der Waals surface area contributed by atoms with Gasteiger partial charge >= 0.3 is 0 Å². The molecule has 6 heteroatoms. The van der Waals surface area contributed by atoms with Crippen LogP contribution in [0.5, 0.6) is 0 Å². The van der Waals surface area contributed by atoms with Gasteiger partial charge in [0.1, 0.15) is 0 Å². The van der Waals surface area contributed by atoms with Gasteiger partial charge in [0.2, 0.25) is 5.91 Å². The van der Waals surface area contributed by atoms with Crippen LogP contribution < -0.4 is 5.32 Å². The van der Waals surface area contributed by atoms with Crippen molar-refractivity contribution >= 4 is 15.7 Å². The molecule has 0 unspecified atom stereocenters.